The molecule has 0 spiro atoms. The zero-order valence-corrected chi connectivity index (χ0v) is 24.4. The minimum atomic E-state index is -3.86. The van der Waals surface area contributed by atoms with Crippen molar-refractivity contribution in [2.45, 2.75) is 46.2 Å². The van der Waals surface area contributed by atoms with E-state index in [0.29, 0.717) is 22.8 Å². The molecule has 0 fully saturated rings. The summed E-state index contributed by atoms with van der Waals surface area (Å²) >= 11 is 6.29. The van der Waals surface area contributed by atoms with Gasteiger partial charge in [-0.25, -0.2) is 8.42 Å². The fourth-order valence-corrected chi connectivity index (χ4v) is 5.46. The Bertz CT molecular complexity index is 1400. The van der Waals surface area contributed by atoms with Crippen molar-refractivity contribution >= 4 is 39.1 Å². The van der Waals surface area contributed by atoms with E-state index in [1.807, 2.05) is 68.4 Å². The largest absolute Gasteiger partial charge is 0.354 e. The summed E-state index contributed by atoms with van der Waals surface area (Å²) in [5.41, 5.74) is 3.62. The molecule has 0 saturated carbocycles. The molecule has 3 aromatic rings. The van der Waals surface area contributed by atoms with Gasteiger partial charge in [0.05, 0.1) is 11.9 Å². The Balaban J connectivity index is 2.07. The Labute approximate surface area is 236 Å². The Hall–Kier alpha value is -3.36. The number of nitrogens with one attached hydrogen (secondary N) is 1. The molecule has 2 amide bonds. The van der Waals surface area contributed by atoms with Crippen LogP contribution in [0.4, 0.5) is 5.69 Å². The van der Waals surface area contributed by atoms with Crippen molar-refractivity contribution in [2.75, 3.05) is 23.7 Å². The summed E-state index contributed by atoms with van der Waals surface area (Å²) in [6.45, 7) is 5.76. The molecular formula is C30H36ClN3O4S. The lowest BCUT2D eigenvalue weighted by Crippen LogP contribution is -2.53. The van der Waals surface area contributed by atoms with Crippen molar-refractivity contribution in [3.8, 4) is 0 Å². The normalized spacial score (nSPS) is 12.0. The van der Waals surface area contributed by atoms with Crippen molar-refractivity contribution in [1.82, 2.24) is 10.2 Å². The van der Waals surface area contributed by atoms with Gasteiger partial charge in [-0.05, 0) is 49.1 Å². The predicted molar refractivity (Wildman–Crippen MR) is 157 cm³/mol. The first kappa shape index (κ1) is 30.2. The summed E-state index contributed by atoms with van der Waals surface area (Å²) in [7, 11) is -3.86. The van der Waals surface area contributed by atoms with E-state index >= 15 is 0 Å². The molecule has 0 aromatic heterocycles. The zero-order valence-electron chi connectivity index (χ0n) is 22.9. The highest BCUT2D eigenvalue weighted by atomic mass is 35.5. The zero-order chi connectivity index (χ0) is 28.6. The number of hydrogen-bond donors (Lipinski definition) is 1. The molecule has 3 aromatic carbocycles. The van der Waals surface area contributed by atoms with Crippen LogP contribution in [0.25, 0.3) is 0 Å². The second-order valence-electron chi connectivity index (χ2n) is 9.66. The first-order valence-electron chi connectivity index (χ1n) is 12.9. The Kier molecular flexibility index (Phi) is 10.5. The van der Waals surface area contributed by atoms with E-state index in [9.17, 15) is 18.0 Å². The van der Waals surface area contributed by atoms with Crippen LogP contribution < -0.4 is 9.62 Å². The van der Waals surface area contributed by atoms with Gasteiger partial charge in [0, 0.05) is 24.5 Å². The van der Waals surface area contributed by atoms with Gasteiger partial charge in [0.15, 0.2) is 0 Å². The Morgan fingerprint density at radius 3 is 2.26 bits per heavy atom. The highest BCUT2D eigenvalue weighted by Crippen LogP contribution is 2.28. The molecule has 208 valence electrons. The van der Waals surface area contributed by atoms with Gasteiger partial charge in [0.2, 0.25) is 21.8 Å². The van der Waals surface area contributed by atoms with Crippen molar-refractivity contribution in [3.05, 3.63) is 100 Å². The van der Waals surface area contributed by atoms with Gasteiger partial charge >= 0.3 is 0 Å². The topological polar surface area (TPSA) is 86.8 Å². The third kappa shape index (κ3) is 8.31. The van der Waals surface area contributed by atoms with E-state index < -0.39 is 28.5 Å². The molecule has 39 heavy (non-hydrogen) atoms. The van der Waals surface area contributed by atoms with Crippen LogP contribution in [0.1, 0.15) is 35.6 Å². The summed E-state index contributed by atoms with van der Waals surface area (Å²) in [5, 5.41) is 3.33. The molecule has 9 heteroatoms. The SMILES string of the molecule is CCCNC(=O)[C@@H](Cc1ccccc1)N(Cc1cccc(C)c1)C(=O)CN(c1cccc(Cl)c1C)S(C)(=O)=O. The van der Waals surface area contributed by atoms with Gasteiger partial charge in [0.1, 0.15) is 12.6 Å². The number of halogens is 1. The maximum Gasteiger partial charge on any atom is 0.244 e. The number of rotatable bonds is 12. The summed E-state index contributed by atoms with van der Waals surface area (Å²) < 4.78 is 26.9. The van der Waals surface area contributed by atoms with Crippen LogP contribution in [-0.4, -0.2) is 50.5 Å². The van der Waals surface area contributed by atoms with Crippen LogP contribution in [0.2, 0.25) is 5.02 Å². The number of sulfonamides is 1. The van der Waals surface area contributed by atoms with Gasteiger partial charge in [-0.1, -0.05) is 84.8 Å². The average Bonchev–Trinajstić information content (AvgIpc) is 2.89. The van der Waals surface area contributed by atoms with Crippen LogP contribution in [0.3, 0.4) is 0 Å². The van der Waals surface area contributed by atoms with E-state index in [-0.39, 0.29) is 18.9 Å². The molecule has 0 bridgehead atoms. The second kappa shape index (κ2) is 13.6. The molecule has 0 unspecified atom stereocenters. The third-order valence-corrected chi connectivity index (χ3v) is 7.98. The van der Waals surface area contributed by atoms with E-state index in [0.717, 1.165) is 33.7 Å². The van der Waals surface area contributed by atoms with Crippen molar-refractivity contribution in [3.63, 3.8) is 0 Å². The van der Waals surface area contributed by atoms with Crippen LogP contribution >= 0.6 is 11.6 Å². The molecule has 3 rings (SSSR count). The van der Waals surface area contributed by atoms with Crippen LogP contribution in [0, 0.1) is 13.8 Å². The minimum Gasteiger partial charge on any atom is -0.354 e. The lowest BCUT2D eigenvalue weighted by atomic mass is 10.0. The number of nitrogens with zero attached hydrogens (tertiary/aromatic N) is 2. The second-order valence-corrected chi connectivity index (χ2v) is 12.0. The highest BCUT2D eigenvalue weighted by molar-refractivity contribution is 7.92. The summed E-state index contributed by atoms with van der Waals surface area (Å²) in [4.78, 5) is 29.1. The Morgan fingerprint density at radius 2 is 1.62 bits per heavy atom. The van der Waals surface area contributed by atoms with Gasteiger partial charge in [-0.2, -0.15) is 0 Å². The predicted octanol–water partition coefficient (Wildman–Crippen LogP) is 4.89. The van der Waals surface area contributed by atoms with E-state index in [2.05, 4.69) is 5.32 Å². The lowest BCUT2D eigenvalue weighted by molar-refractivity contribution is -0.140. The molecule has 0 heterocycles. The maximum atomic E-state index is 14.1. The lowest BCUT2D eigenvalue weighted by Gasteiger charge is -2.34. The van der Waals surface area contributed by atoms with Crippen molar-refractivity contribution in [1.29, 1.82) is 0 Å². The maximum absolute atomic E-state index is 14.1. The average molecular weight is 570 g/mol. The molecular weight excluding hydrogens is 534 g/mol. The molecule has 7 nitrogen and oxygen atoms in total. The van der Waals surface area contributed by atoms with Crippen LogP contribution in [0.15, 0.2) is 72.8 Å². The van der Waals surface area contributed by atoms with Gasteiger partial charge < -0.3 is 10.2 Å². The number of anilines is 1. The first-order chi connectivity index (χ1) is 18.5. The fraction of sp³-hybridized carbons (Fsp3) is 0.333. The summed E-state index contributed by atoms with van der Waals surface area (Å²) in [6, 6.07) is 21.3. The van der Waals surface area contributed by atoms with Gasteiger partial charge in [-0.3, -0.25) is 13.9 Å². The number of amides is 2. The minimum absolute atomic E-state index is 0.143. The number of carbonyl (C=O) groups is 2. The van der Waals surface area contributed by atoms with Crippen LogP contribution in [0.5, 0.6) is 0 Å². The molecule has 0 radical (unpaired) electrons. The molecule has 1 atom stereocenters. The molecule has 0 saturated heterocycles. The Morgan fingerprint density at radius 1 is 0.949 bits per heavy atom. The quantitative estimate of drug-likeness (QED) is 0.336. The van der Waals surface area contributed by atoms with Crippen molar-refractivity contribution < 1.29 is 18.0 Å². The number of hydrogen-bond acceptors (Lipinski definition) is 4. The number of benzene rings is 3. The van der Waals surface area contributed by atoms with E-state index in [4.69, 9.17) is 11.6 Å². The first-order valence-corrected chi connectivity index (χ1v) is 15.1. The molecule has 1 N–H and O–H groups in total. The van der Waals surface area contributed by atoms with E-state index in [1.165, 1.54) is 4.90 Å². The third-order valence-electron chi connectivity index (χ3n) is 6.44. The number of carbonyl (C=O) groups excluding carboxylic acids is 2. The summed E-state index contributed by atoms with van der Waals surface area (Å²) in [6.07, 6.45) is 2.08. The smallest absolute Gasteiger partial charge is 0.244 e. The van der Waals surface area contributed by atoms with Crippen LogP contribution in [-0.2, 0) is 32.6 Å². The number of aryl methyl sites for hydroxylation is 1. The fourth-order valence-electron chi connectivity index (χ4n) is 4.39. The van der Waals surface area contributed by atoms with E-state index in [1.54, 1.807) is 25.1 Å². The molecule has 0 aliphatic rings. The molecule has 0 aliphatic carbocycles. The van der Waals surface area contributed by atoms with Gasteiger partial charge in [-0.15, -0.1) is 0 Å². The van der Waals surface area contributed by atoms with Gasteiger partial charge in [0.25, 0.3) is 0 Å². The standard InChI is InChI=1S/C30H36ClN3O4S/c1-5-17-32-30(36)28(19-24-12-7-6-8-13-24)33(20-25-14-9-11-22(2)18-25)29(35)21-34(39(4,37)38)27-16-10-15-26(31)23(27)3/h6-16,18,28H,5,17,19-21H2,1-4H3,(H,32,36)/t28-/m1/s1. The monoisotopic (exact) mass is 569 g/mol. The molecule has 0 aliphatic heterocycles. The van der Waals surface area contributed by atoms with Crippen molar-refractivity contribution in [2.24, 2.45) is 0 Å². The highest BCUT2D eigenvalue weighted by Gasteiger charge is 2.33. The summed E-state index contributed by atoms with van der Waals surface area (Å²) in [5.74, 6) is -0.777.